The largest absolute Gasteiger partial charge is 0.398 e. The standard InChI is InChI=1S/C9H10N2O3S/c1-2-11-9(12)8-6(10)4-3-5-7(8)15(11,13)14/h3-5H,2,10H2,1H3. The molecule has 15 heavy (non-hydrogen) atoms. The number of amides is 1. The van der Waals surface area contributed by atoms with Crippen molar-refractivity contribution in [1.29, 1.82) is 0 Å². The molecule has 0 fully saturated rings. The molecule has 1 heterocycles. The zero-order valence-corrected chi connectivity index (χ0v) is 8.91. The van der Waals surface area contributed by atoms with Crippen molar-refractivity contribution in [3.05, 3.63) is 23.8 Å². The number of sulfonamides is 1. The SMILES string of the molecule is CCN1C(=O)c2c(N)cccc2S1(=O)=O. The lowest BCUT2D eigenvalue weighted by Gasteiger charge is -2.10. The molecule has 0 spiro atoms. The van der Waals surface area contributed by atoms with Gasteiger partial charge in [0.1, 0.15) is 4.90 Å². The van der Waals surface area contributed by atoms with E-state index in [2.05, 4.69) is 0 Å². The maximum atomic E-state index is 11.8. The quantitative estimate of drug-likeness (QED) is 0.704. The molecule has 0 aromatic heterocycles. The molecule has 6 heteroatoms. The molecule has 1 aromatic carbocycles. The highest BCUT2D eigenvalue weighted by molar-refractivity contribution is 7.90. The molecule has 0 radical (unpaired) electrons. The number of anilines is 1. The van der Waals surface area contributed by atoms with Crippen LogP contribution < -0.4 is 5.73 Å². The average Bonchev–Trinajstić information content (AvgIpc) is 2.36. The Hall–Kier alpha value is -1.56. The van der Waals surface area contributed by atoms with Gasteiger partial charge in [-0.2, -0.15) is 0 Å². The van der Waals surface area contributed by atoms with Gasteiger partial charge in [0.15, 0.2) is 0 Å². The second-order valence-corrected chi connectivity index (χ2v) is 5.03. The molecule has 1 amide bonds. The maximum absolute atomic E-state index is 11.8. The molecule has 1 aliphatic rings. The molecule has 0 unspecified atom stereocenters. The van der Waals surface area contributed by atoms with E-state index in [-0.39, 0.29) is 22.7 Å². The number of benzene rings is 1. The second-order valence-electron chi connectivity index (χ2n) is 3.20. The van der Waals surface area contributed by atoms with Crippen molar-refractivity contribution in [2.24, 2.45) is 0 Å². The van der Waals surface area contributed by atoms with Crippen molar-refractivity contribution in [3.63, 3.8) is 0 Å². The summed E-state index contributed by atoms with van der Waals surface area (Å²) in [4.78, 5) is 11.7. The van der Waals surface area contributed by atoms with Crippen molar-refractivity contribution in [2.45, 2.75) is 11.8 Å². The third-order valence-electron chi connectivity index (χ3n) is 2.35. The molecule has 0 aliphatic carbocycles. The molecule has 1 aromatic rings. The van der Waals surface area contributed by atoms with Crippen molar-refractivity contribution in [1.82, 2.24) is 4.31 Å². The summed E-state index contributed by atoms with van der Waals surface area (Å²) in [6.07, 6.45) is 0. The Balaban J connectivity index is 2.80. The number of hydrogen-bond donors (Lipinski definition) is 1. The first-order chi connectivity index (χ1) is 7.00. The lowest BCUT2D eigenvalue weighted by Crippen LogP contribution is -2.29. The highest BCUT2D eigenvalue weighted by Gasteiger charge is 2.41. The van der Waals surface area contributed by atoms with E-state index >= 15 is 0 Å². The fourth-order valence-electron chi connectivity index (χ4n) is 1.66. The second kappa shape index (κ2) is 2.96. The van der Waals surface area contributed by atoms with E-state index in [9.17, 15) is 13.2 Å². The lowest BCUT2D eigenvalue weighted by atomic mass is 10.1. The number of hydrogen-bond acceptors (Lipinski definition) is 4. The van der Waals surface area contributed by atoms with Crippen molar-refractivity contribution >= 4 is 21.6 Å². The number of carbonyl (C=O) groups excluding carboxylic acids is 1. The van der Waals surface area contributed by atoms with Crippen LogP contribution in [0.4, 0.5) is 5.69 Å². The number of fused-ring (bicyclic) bond motifs is 1. The third-order valence-corrected chi connectivity index (χ3v) is 4.25. The molecule has 0 bridgehead atoms. The van der Waals surface area contributed by atoms with Crippen LogP contribution in [0.15, 0.2) is 23.1 Å². The van der Waals surface area contributed by atoms with E-state index in [1.54, 1.807) is 6.92 Å². The minimum atomic E-state index is -3.66. The van der Waals surface area contributed by atoms with Gasteiger partial charge in [0.2, 0.25) is 0 Å². The van der Waals surface area contributed by atoms with E-state index in [1.165, 1.54) is 18.2 Å². The summed E-state index contributed by atoms with van der Waals surface area (Å²) >= 11 is 0. The number of nitrogens with zero attached hydrogens (tertiary/aromatic N) is 1. The Bertz CT molecular complexity index is 536. The van der Waals surface area contributed by atoms with Crippen LogP contribution in [0.3, 0.4) is 0 Å². The van der Waals surface area contributed by atoms with Crippen LogP contribution >= 0.6 is 0 Å². The van der Waals surface area contributed by atoms with E-state index in [4.69, 9.17) is 5.73 Å². The van der Waals surface area contributed by atoms with Crippen LogP contribution in [-0.2, 0) is 10.0 Å². The van der Waals surface area contributed by atoms with Crippen LogP contribution in [0.25, 0.3) is 0 Å². The Labute approximate surface area is 87.5 Å². The zero-order valence-electron chi connectivity index (χ0n) is 8.10. The van der Waals surface area contributed by atoms with E-state index in [0.29, 0.717) is 0 Å². The molecule has 0 saturated heterocycles. The number of nitrogens with two attached hydrogens (primary N) is 1. The third kappa shape index (κ3) is 1.14. The molecule has 2 rings (SSSR count). The zero-order chi connectivity index (χ0) is 11.2. The minimum Gasteiger partial charge on any atom is -0.398 e. The molecule has 1 aliphatic heterocycles. The summed E-state index contributed by atoms with van der Waals surface area (Å²) in [7, 11) is -3.66. The first-order valence-electron chi connectivity index (χ1n) is 4.45. The topological polar surface area (TPSA) is 80.5 Å². The van der Waals surface area contributed by atoms with Crippen molar-refractivity contribution in [3.8, 4) is 0 Å². The van der Waals surface area contributed by atoms with Gasteiger partial charge in [-0.3, -0.25) is 4.79 Å². The Morgan fingerprint density at radius 1 is 1.40 bits per heavy atom. The van der Waals surface area contributed by atoms with Gasteiger partial charge in [0.25, 0.3) is 15.9 Å². The summed E-state index contributed by atoms with van der Waals surface area (Å²) in [6.45, 7) is 1.73. The normalized spacial score (nSPS) is 17.9. The number of rotatable bonds is 1. The van der Waals surface area contributed by atoms with Gasteiger partial charge in [-0.1, -0.05) is 6.07 Å². The van der Waals surface area contributed by atoms with Gasteiger partial charge >= 0.3 is 0 Å². The van der Waals surface area contributed by atoms with Gasteiger partial charge in [-0.15, -0.1) is 0 Å². The summed E-state index contributed by atoms with van der Waals surface area (Å²) in [5, 5.41) is 0. The number of carbonyl (C=O) groups is 1. The van der Waals surface area contributed by atoms with E-state index < -0.39 is 15.9 Å². The van der Waals surface area contributed by atoms with Gasteiger partial charge in [-0.05, 0) is 19.1 Å². The summed E-state index contributed by atoms with van der Waals surface area (Å²) in [6, 6.07) is 4.44. The average molecular weight is 226 g/mol. The van der Waals surface area contributed by atoms with Gasteiger partial charge in [0, 0.05) is 12.2 Å². The van der Waals surface area contributed by atoms with Gasteiger partial charge < -0.3 is 5.73 Å². The molecular formula is C9H10N2O3S. The smallest absolute Gasteiger partial charge is 0.271 e. The van der Waals surface area contributed by atoms with Gasteiger partial charge in [-0.25, -0.2) is 12.7 Å². The fraction of sp³-hybridized carbons (Fsp3) is 0.222. The fourth-order valence-corrected chi connectivity index (χ4v) is 3.26. The Morgan fingerprint density at radius 2 is 2.07 bits per heavy atom. The summed E-state index contributed by atoms with van der Waals surface area (Å²) in [5.41, 5.74) is 5.89. The maximum Gasteiger partial charge on any atom is 0.271 e. The van der Waals surface area contributed by atoms with E-state index in [0.717, 1.165) is 4.31 Å². The Morgan fingerprint density at radius 3 is 2.60 bits per heavy atom. The molecule has 2 N–H and O–H groups in total. The van der Waals surface area contributed by atoms with Crippen LogP contribution in [-0.4, -0.2) is 25.2 Å². The first-order valence-corrected chi connectivity index (χ1v) is 5.89. The number of nitrogen functional groups attached to an aromatic ring is 1. The van der Waals surface area contributed by atoms with Crippen LogP contribution in [0.1, 0.15) is 17.3 Å². The molecular weight excluding hydrogens is 216 g/mol. The Kier molecular flexibility index (Phi) is 1.97. The van der Waals surface area contributed by atoms with E-state index in [1.807, 2.05) is 0 Å². The van der Waals surface area contributed by atoms with Crippen LogP contribution in [0.5, 0.6) is 0 Å². The first kappa shape index (κ1) is 9.97. The minimum absolute atomic E-state index is 0.00866. The predicted octanol–water partition coefficient (Wildman–Crippen LogP) is 0.433. The monoisotopic (exact) mass is 226 g/mol. The summed E-state index contributed by atoms with van der Waals surface area (Å²) in [5.74, 6) is -0.536. The van der Waals surface area contributed by atoms with Crippen LogP contribution in [0.2, 0.25) is 0 Å². The highest BCUT2D eigenvalue weighted by atomic mass is 32.2. The van der Waals surface area contributed by atoms with Gasteiger partial charge in [0.05, 0.1) is 5.56 Å². The highest BCUT2D eigenvalue weighted by Crippen LogP contribution is 2.33. The molecule has 5 nitrogen and oxygen atoms in total. The molecule has 80 valence electrons. The summed E-state index contributed by atoms with van der Waals surface area (Å²) < 4.78 is 24.5. The van der Waals surface area contributed by atoms with Crippen molar-refractivity contribution in [2.75, 3.05) is 12.3 Å². The molecule has 0 atom stereocenters. The lowest BCUT2D eigenvalue weighted by molar-refractivity contribution is 0.0877. The van der Waals surface area contributed by atoms with Crippen LogP contribution in [0, 0.1) is 0 Å². The predicted molar refractivity (Wildman–Crippen MR) is 54.8 cm³/mol. The van der Waals surface area contributed by atoms with Crippen molar-refractivity contribution < 1.29 is 13.2 Å². The molecule has 0 saturated carbocycles.